The van der Waals surface area contributed by atoms with Crippen molar-refractivity contribution in [3.8, 4) is 5.75 Å². The normalized spacial score (nSPS) is 18.3. The molecular formula is C21H21ClN2O6S. The number of halogens is 1. The average Bonchev–Trinajstić information content (AvgIpc) is 2.75. The summed E-state index contributed by atoms with van der Waals surface area (Å²) in [6.07, 6.45) is 4.02. The van der Waals surface area contributed by atoms with Gasteiger partial charge >= 0.3 is 5.97 Å². The minimum absolute atomic E-state index is 0.119. The number of nitrogens with one attached hydrogen (secondary N) is 2. The SMILES string of the molecule is COc1ccc(S(=O)(=O)Nc2ccccc2Cl)cc1NC(=O)[C@@H]1CC=CC[C@@H]1C(=O)O. The van der Waals surface area contributed by atoms with Crippen LogP contribution in [0.25, 0.3) is 0 Å². The number of anilines is 2. The van der Waals surface area contributed by atoms with Gasteiger partial charge in [-0.05, 0) is 43.2 Å². The second-order valence-electron chi connectivity index (χ2n) is 6.93. The fourth-order valence-electron chi connectivity index (χ4n) is 3.30. The van der Waals surface area contributed by atoms with E-state index >= 15 is 0 Å². The molecule has 1 aliphatic carbocycles. The van der Waals surface area contributed by atoms with Gasteiger partial charge in [0.25, 0.3) is 10.0 Å². The Morgan fingerprint density at radius 1 is 1.06 bits per heavy atom. The number of carboxylic acids is 1. The van der Waals surface area contributed by atoms with Gasteiger partial charge in [-0.25, -0.2) is 8.42 Å². The maximum absolute atomic E-state index is 12.8. The van der Waals surface area contributed by atoms with Crippen LogP contribution in [-0.2, 0) is 19.6 Å². The van der Waals surface area contributed by atoms with Crippen molar-refractivity contribution < 1.29 is 27.9 Å². The van der Waals surface area contributed by atoms with Crippen molar-refractivity contribution in [3.63, 3.8) is 0 Å². The van der Waals surface area contributed by atoms with E-state index in [1.54, 1.807) is 30.4 Å². The zero-order chi connectivity index (χ0) is 22.6. The van der Waals surface area contributed by atoms with Crippen molar-refractivity contribution in [3.05, 3.63) is 59.6 Å². The molecule has 1 aliphatic rings. The van der Waals surface area contributed by atoms with Crippen LogP contribution in [0.3, 0.4) is 0 Å². The summed E-state index contributed by atoms with van der Waals surface area (Å²) in [4.78, 5) is 24.2. The molecule has 2 atom stereocenters. The Hall–Kier alpha value is -3.04. The molecule has 0 bridgehead atoms. The molecule has 31 heavy (non-hydrogen) atoms. The van der Waals surface area contributed by atoms with Crippen LogP contribution in [0.2, 0.25) is 5.02 Å². The summed E-state index contributed by atoms with van der Waals surface area (Å²) in [6.45, 7) is 0. The highest BCUT2D eigenvalue weighted by atomic mass is 35.5. The second kappa shape index (κ2) is 9.40. The van der Waals surface area contributed by atoms with Crippen LogP contribution < -0.4 is 14.8 Å². The Labute approximate surface area is 184 Å². The molecular weight excluding hydrogens is 444 g/mol. The molecule has 0 aromatic heterocycles. The molecule has 0 spiro atoms. The minimum atomic E-state index is -4.01. The molecule has 0 heterocycles. The highest BCUT2D eigenvalue weighted by Gasteiger charge is 2.34. The highest BCUT2D eigenvalue weighted by Crippen LogP contribution is 2.32. The van der Waals surface area contributed by atoms with E-state index < -0.39 is 33.7 Å². The molecule has 3 rings (SSSR count). The molecule has 0 radical (unpaired) electrons. The van der Waals surface area contributed by atoms with Crippen LogP contribution in [0.1, 0.15) is 12.8 Å². The fraction of sp³-hybridized carbons (Fsp3) is 0.238. The van der Waals surface area contributed by atoms with E-state index in [-0.39, 0.29) is 39.9 Å². The Kier molecular flexibility index (Phi) is 6.87. The molecule has 3 N–H and O–H groups in total. The lowest BCUT2D eigenvalue weighted by molar-refractivity contribution is -0.146. The molecule has 164 valence electrons. The maximum atomic E-state index is 12.8. The molecule has 0 saturated carbocycles. The summed E-state index contributed by atoms with van der Waals surface area (Å²) in [5, 5.41) is 12.3. The number of sulfonamides is 1. The number of para-hydroxylation sites is 1. The van der Waals surface area contributed by atoms with Crippen LogP contribution in [0.4, 0.5) is 11.4 Å². The van der Waals surface area contributed by atoms with Crippen molar-refractivity contribution >= 4 is 44.9 Å². The zero-order valence-electron chi connectivity index (χ0n) is 16.5. The Morgan fingerprint density at radius 3 is 2.39 bits per heavy atom. The third-order valence-electron chi connectivity index (χ3n) is 4.94. The van der Waals surface area contributed by atoms with Gasteiger partial charge in [-0.15, -0.1) is 0 Å². The van der Waals surface area contributed by atoms with Gasteiger partial charge in [0.15, 0.2) is 0 Å². The van der Waals surface area contributed by atoms with E-state index in [4.69, 9.17) is 16.3 Å². The molecule has 0 saturated heterocycles. The lowest BCUT2D eigenvalue weighted by Crippen LogP contribution is -2.34. The number of carbonyl (C=O) groups excluding carboxylic acids is 1. The van der Waals surface area contributed by atoms with E-state index in [2.05, 4.69) is 10.0 Å². The molecule has 0 aliphatic heterocycles. The van der Waals surface area contributed by atoms with Crippen molar-refractivity contribution in [1.82, 2.24) is 0 Å². The quantitative estimate of drug-likeness (QED) is 0.536. The number of ether oxygens (including phenoxy) is 1. The number of methoxy groups -OCH3 is 1. The van der Waals surface area contributed by atoms with Gasteiger partial charge in [0.05, 0.1) is 40.2 Å². The van der Waals surface area contributed by atoms with Crippen LogP contribution >= 0.6 is 11.6 Å². The zero-order valence-corrected chi connectivity index (χ0v) is 18.1. The monoisotopic (exact) mass is 464 g/mol. The van der Waals surface area contributed by atoms with E-state index in [1.165, 1.54) is 31.4 Å². The molecule has 0 fully saturated rings. The van der Waals surface area contributed by atoms with Crippen LogP contribution in [0, 0.1) is 11.8 Å². The number of allylic oxidation sites excluding steroid dienone is 2. The predicted octanol–water partition coefficient (Wildman–Crippen LogP) is 3.75. The summed E-state index contributed by atoms with van der Waals surface area (Å²) in [5.41, 5.74) is 0.331. The first-order valence-corrected chi connectivity index (χ1v) is 11.2. The van der Waals surface area contributed by atoms with Gasteiger partial charge in [0.2, 0.25) is 5.91 Å². The van der Waals surface area contributed by atoms with Gasteiger partial charge in [-0.1, -0.05) is 35.9 Å². The van der Waals surface area contributed by atoms with E-state index in [9.17, 15) is 23.1 Å². The smallest absolute Gasteiger partial charge is 0.307 e. The van der Waals surface area contributed by atoms with E-state index in [0.717, 1.165) is 0 Å². The van der Waals surface area contributed by atoms with Crippen LogP contribution in [-0.4, -0.2) is 32.5 Å². The summed E-state index contributed by atoms with van der Waals surface area (Å²) in [5.74, 6) is -2.98. The Morgan fingerprint density at radius 2 is 1.74 bits per heavy atom. The molecule has 1 amide bonds. The molecule has 2 aromatic carbocycles. The van der Waals surface area contributed by atoms with E-state index in [0.29, 0.717) is 0 Å². The summed E-state index contributed by atoms with van der Waals surface area (Å²) in [7, 11) is -2.64. The number of hydrogen-bond donors (Lipinski definition) is 3. The average molecular weight is 465 g/mol. The standard InChI is InChI=1S/C21H21ClN2O6S/c1-30-19-11-10-13(31(28,29)24-17-9-5-4-8-16(17)22)12-18(19)23-20(25)14-6-2-3-7-15(14)21(26)27/h2-5,8-12,14-15,24H,6-7H2,1H3,(H,23,25)(H,26,27)/t14-,15+/m1/s1. The van der Waals surface area contributed by atoms with Crippen LogP contribution in [0.5, 0.6) is 5.75 Å². The van der Waals surface area contributed by atoms with Crippen molar-refractivity contribution in [1.29, 1.82) is 0 Å². The van der Waals surface area contributed by atoms with E-state index in [1.807, 2.05) is 0 Å². The number of rotatable bonds is 7. The first kappa shape index (κ1) is 22.6. The Balaban J connectivity index is 1.88. The predicted molar refractivity (Wildman–Crippen MR) is 117 cm³/mol. The number of carboxylic acid groups (broad SMARTS) is 1. The molecule has 10 heteroatoms. The summed E-state index contributed by atoms with van der Waals surface area (Å²) >= 11 is 6.03. The third kappa shape index (κ3) is 5.18. The van der Waals surface area contributed by atoms with Crippen LogP contribution in [0.15, 0.2) is 59.5 Å². The lowest BCUT2D eigenvalue weighted by atomic mass is 9.82. The Bertz CT molecular complexity index is 1130. The van der Waals surface area contributed by atoms with Crippen molar-refractivity contribution in [2.75, 3.05) is 17.1 Å². The first-order chi connectivity index (χ1) is 14.7. The molecule has 0 unspecified atom stereocenters. The van der Waals surface area contributed by atoms with Gasteiger partial charge in [0, 0.05) is 0 Å². The topological polar surface area (TPSA) is 122 Å². The largest absolute Gasteiger partial charge is 0.495 e. The number of carbonyl (C=O) groups is 2. The van der Waals surface area contributed by atoms with Crippen molar-refractivity contribution in [2.24, 2.45) is 11.8 Å². The van der Waals surface area contributed by atoms with Gasteiger partial charge in [-0.3, -0.25) is 14.3 Å². The van der Waals surface area contributed by atoms with Gasteiger partial charge < -0.3 is 15.2 Å². The molecule has 8 nitrogen and oxygen atoms in total. The minimum Gasteiger partial charge on any atom is -0.495 e. The fourth-order valence-corrected chi connectivity index (χ4v) is 4.65. The number of aliphatic carboxylic acids is 1. The van der Waals surface area contributed by atoms with Gasteiger partial charge in [-0.2, -0.15) is 0 Å². The number of hydrogen-bond acceptors (Lipinski definition) is 5. The second-order valence-corrected chi connectivity index (χ2v) is 9.02. The summed E-state index contributed by atoms with van der Waals surface area (Å²) in [6, 6.07) is 10.4. The van der Waals surface area contributed by atoms with Gasteiger partial charge in [0.1, 0.15) is 5.75 Å². The number of benzene rings is 2. The molecule has 2 aromatic rings. The number of amides is 1. The highest BCUT2D eigenvalue weighted by molar-refractivity contribution is 7.92. The van der Waals surface area contributed by atoms with Crippen molar-refractivity contribution in [2.45, 2.75) is 17.7 Å². The third-order valence-corrected chi connectivity index (χ3v) is 6.64. The maximum Gasteiger partial charge on any atom is 0.307 e. The first-order valence-electron chi connectivity index (χ1n) is 9.37. The lowest BCUT2D eigenvalue weighted by Gasteiger charge is -2.24. The summed E-state index contributed by atoms with van der Waals surface area (Å²) < 4.78 is 33.3.